The van der Waals surface area contributed by atoms with Gasteiger partial charge < -0.3 is 20.1 Å². The Kier molecular flexibility index (Phi) is 9.87. The molecule has 0 saturated carbocycles. The van der Waals surface area contributed by atoms with Gasteiger partial charge >= 0.3 is 5.97 Å². The van der Waals surface area contributed by atoms with E-state index in [1.54, 1.807) is 24.3 Å². The number of likely N-dealkylation sites (tertiary alicyclic amines) is 1. The summed E-state index contributed by atoms with van der Waals surface area (Å²) in [6.07, 6.45) is 2.93. The number of nitriles is 1. The molecule has 1 saturated heterocycles. The highest BCUT2D eigenvalue weighted by atomic mass is 16.5. The Hall–Kier alpha value is -3.86. The molecular weight excluding hydrogens is 458 g/mol. The highest BCUT2D eigenvalue weighted by Gasteiger charge is 2.26. The van der Waals surface area contributed by atoms with Crippen LogP contribution in [0.1, 0.15) is 49.3 Å². The number of carboxylic acids is 1. The number of hydrogen-bond acceptors (Lipinski definition) is 5. The zero-order chi connectivity index (χ0) is 25.9. The van der Waals surface area contributed by atoms with Crippen LogP contribution in [-0.2, 0) is 27.2 Å². The van der Waals surface area contributed by atoms with E-state index in [0.29, 0.717) is 38.1 Å². The van der Waals surface area contributed by atoms with E-state index in [2.05, 4.69) is 5.32 Å². The Balaban J connectivity index is 1.40. The summed E-state index contributed by atoms with van der Waals surface area (Å²) < 4.78 is 5.44. The molecule has 190 valence electrons. The first-order valence-corrected chi connectivity index (χ1v) is 12.4. The first kappa shape index (κ1) is 26.7. The maximum absolute atomic E-state index is 12.6. The van der Waals surface area contributed by atoms with E-state index in [-0.39, 0.29) is 30.6 Å². The van der Waals surface area contributed by atoms with Crippen molar-refractivity contribution in [2.24, 2.45) is 5.92 Å². The SMILES string of the molecule is CCOc1ccc(CCC(=O)N2CCC(CC(=O)NC(Cc3ccc(C#N)cc3)C(=O)O)CC2)cc1. The number of aryl methyl sites for hydroxylation is 1. The Morgan fingerprint density at radius 1 is 1.08 bits per heavy atom. The molecule has 0 aliphatic carbocycles. The number of hydrogen-bond donors (Lipinski definition) is 2. The minimum absolute atomic E-state index is 0.111. The van der Waals surface area contributed by atoms with Crippen molar-refractivity contribution in [3.8, 4) is 11.8 Å². The minimum Gasteiger partial charge on any atom is -0.494 e. The lowest BCUT2D eigenvalue weighted by atomic mass is 9.92. The Morgan fingerprint density at radius 3 is 2.31 bits per heavy atom. The van der Waals surface area contributed by atoms with E-state index in [1.807, 2.05) is 42.2 Å². The molecule has 1 aliphatic heterocycles. The van der Waals surface area contributed by atoms with Crippen LogP contribution in [0.2, 0.25) is 0 Å². The average molecular weight is 492 g/mol. The van der Waals surface area contributed by atoms with E-state index in [9.17, 15) is 19.5 Å². The number of ether oxygens (including phenoxy) is 1. The van der Waals surface area contributed by atoms with E-state index < -0.39 is 12.0 Å². The predicted octanol–water partition coefficient (Wildman–Crippen LogP) is 3.33. The summed E-state index contributed by atoms with van der Waals surface area (Å²) >= 11 is 0. The van der Waals surface area contributed by atoms with Crippen molar-refractivity contribution in [1.82, 2.24) is 10.2 Å². The van der Waals surface area contributed by atoms with Gasteiger partial charge in [0, 0.05) is 32.4 Å². The van der Waals surface area contributed by atoms with Crippen LogP contribution in [0.3, 0.4) is 0 Å². The van der Waals surface area contributed by atoms with Crippen LogP contribution in [0.25, 0.3) is 0 Å². The lowest BCUT2D eigenvalue weighted by Gasteiger charge is -2.32. The van der Waals surface area contributed by atoms with Crippen LogP contribution in [-0.4, -0.2) is 53.5 Å². The van der Waals surface area contributed by atoms with E-state index in [0.717, 1.165) is 29.7 Å². The van der Waals surface area contributed by atoms with Crippen LogP contribution in [0, 0.1) is 17.2 Å². The number of carbonyl (C=O) groups excluding carboxylic acids is 2. The van der Waals surface area contributed by atoms with Crippen molar-refractivity contribution in [3.05, 3.63) is 65.2 Å². The van der Waals surface area contributed by atoms with Gasteiger partial charge in [0.1, 0.15) is 11.8 Å². The highest BCUT2D eigenvalue weighted by Crippen LogP contribution is 2.22. The number of piperidine rings is 1. The molecule has 1 unspecified atom stereocenters. The summed E-state index contributed by atoms with van der Waals surface area (Å²) in [5.41, 5.74) is 2.32. The van der Waals surface area contributed by atoms with Gasteiger partial charge in [0.05, 0.1) is 18.2 Å². The summed E-state index contributed by atoms with van der Waals surface area (Å²) in [5.74, 6) is -0.343. The van der Waals surface area contributed by atoms with Crippen LogP contribution in [0.4, 0.5) is 0 Å². The zero-order valence-electron chi connectivity index (χ0n) is 20.6. The molecule has 0 aromatic heterocycles. The maximum atomic E-state index is 12.6. The molecule has 1 aliphatic rings. The summed E-state index contributed by atoms with van der Waals surface area (Å²) in [4.78, 5) is 38.7. The van der Waals surface area contributed by atoms with Crippen molar-refractivity contribution in [1.29, 1.82) is 5.26 Å². The van der Waals surface area contributed by atoms with E-state index in [1.165, 1.54) is 0 Å². The second-order valence-electron chi connectivity index (χ2n) is 9.08. The third kappa shape index (κ3) is 8.12. The van der Waals surface area contributed by atoms with Gasteiger partial charge in [0.2, 0.25) is 11.8 Å². The van der Waals surface area contributed by atoms with Crippen LogP contribution in [0.15, 0.2) is 48.5 Å². The molecule has 2 aromatic carbocycles. The monoisotopic (exact) mass is 491 g/mol. The van der Waals surface area contributed by atoms with Crippen molar-refractivity contribution in [2.45, 2.75) is 51.5 Å². The molecule has 2 amide bonds. The predicted molar refractivity (Wildman–Crippen MR) is 134 cm³/mol. The number of rotatable bonds is 11. The normalized spacial score (nSPS) is 14.5. The lowest BCUT2D eigenvalue weighted by molar-refractivity contribution is -0.142. The van der Waals surface area contributed by atoms with Crippen molar-refractivity contribution in [2.75, 3.05) is 19.7 Å². The fourth-order valence-corrected chi connectivity index (χ4v) is 4.38. The molecule has 1 atom stereocenters. The quantitative estimate of drug-likeness (QED) is 0.498. The molecule has 1 fully saturated rings. The molecular formula is C28H33N3O5. The molecule has 3 rings (SSSR count). The van der Waals surface area contributed by atoms with Gasteiger partial charge in [-0.3, -0.25) is 9.59 Å². The van der Waals surface area contributed by atoms with E-state index in [4.69, 9.17) is 10.00 Å². The topological polar surface area (TPSA) is 120 Å². The summed E-state index contributed by atoms with van der Waals surface area (Å²) in [6, 6.07) is 15.4. The van der Waals surface area contributed by atoms with Crippen LogP contribution < -0.4 is 10.1 Å². The third-order valence-electron chi connectivity index (χ3n) is 6.46. The van der Waals surface area contributed by atoms with Crippen molar-refractivity contribution >= 4 is 17.8 Å². The first-order valence-electron chi connectivity index (χ1n) is 12.4. The van der Waals surface area contributed by atoms with Gasteiger partial charge in [-0.05, 0) is 67.5 Å². The standard InChI is InChI=1S/C28H33N3O5/c1-2-36-24-10-7-20(8-11-24)9-12-27(33)31-15-13-22(14-16-31)18-26(32)30-25(28(34)35)17-21-3-5-23(19-29)6-4-21/h3-8,10-11,22,25H,2,9,12-18H2,1H3,(H,30,32)(H,34,35). The number of carboxylic acid groups (broad SMARTS) is 1. The number of aliphatic carboxylic acids is 1. The number of carbonyl (C=O) groups is 3. The maximum Gasteiger partial charge on any atom is 0.326 e. The molecule has 8 nitrogen and oxygen atoms in total. The smallest absolute Gasteiger partial charge is 0.326 e. The molecule has 0 radical (unpaired) electrons. The van der Waals surface area contributed by atoms with E-state index >= 15 is 0 Å². The second kappa shape index (κ2) is 13.3. The lowest BCUT2D eigenvalue weighted by Crippen LogP contribution is -2.44. The second-order valence-corrected chi connectivity index (χ2v) is 9.08. The van der Waals surface area contributed by atoms with Crippen molar-refractivity contribution < 1.29 is 24.2 Å². The molecule has 2 N–H and O–H groups in total. The highest BCUT2D eigenvalue weighted by molar-refractivity contribution is 5.84. The summed E-state index contributed by atoms with van der Waals surface area (Å²) in [7, 11) is 0. The third-order valence-corrected chi connectivity index (χ3v) is 6.46. The summed E-state index contributed by atoms with van der Waals surface area (Å²) in [5, 5.41) is 21.1. The number of amides is 2. The zero-order valence-corrected chi connectivity index (χ0v) is 20.6. The van der Waals surface area contributed by atoms with Gasteiger partial charge in [-0.25, -0.2) is 4.79 Å². The number of nitrogens with zero attached hydrogens (tertiary/aromatic N) is 2. The molecule has 36 heavy (non-hydrogen) atoms. The first-order chi connectivity index (χ1) is 17.4. The largest absolute Gasteiger partial charge is 0.494 e. The Bertz CT molecular complexity index is 1070. The molecule has 0 spiro atoms. The minimum atomic E-state index is -1.10. The van der Waals surface area contributed by atoms with Crippen LogP contribution >= 0.6 is 0 Å². The average Bonchev–Trinajstić information content (AvgIpc) is 2.88. The fourth-order valence-electron chi connectivity index (χ4n) is 4.38. The molecule has 2 aromatic rings. The van der Waals surface area contributed by atoms with Gasteiger partial charge in [0.25, 0.3) is 0 Å². The van der Waals surface area contributed by atoms with Gasteiger partial charge in [-0.1, -0.05) is 24.3 Å². The molecule has 1 heterocycles. The number of benzene rings is 2. The summed E-state index contributed by atoms with van der Waals surface area (Å²) in [6.45, 7) is 3.77. The molecule has 8 heteroatoms. The Morgan fingerprint density at radius 2 is 1.72 bits per heavy atom. The molecule has 0 bridgehead atoms. The number of nitrogens with one attached hydrogen (secondary N) is 1. The van der Waals surface area contributed by atoms with Gasteiger partial charge in [-0.15, -0.1) is 0 Å². The Labute approximate surface area is 211 Å². The van der Waals surface area contributed by atoms with Gasteiger partial charge in [0.15, 0.2) is 0 Å². The fraction of sp³-hybridized carbons (Fsp3) is 0.429. The van der Waals surface area contributed by atoms with Gasteiger partial charge in [-0.2, -0.15) is 5.26 Å². The van der Waals surface area contributed by atoms with Crippen molar-refractivity contribution in [3.63, 3.8) is 0 Å². The van der Waals surface area contributed by atoms with Crippen LogP contribution in [0.5, 0.6) is 5.75 Å².